The lowest BCUT2D eigenvalue weighted by atomic mass is 10.2. The van der Waals surface area contributed by atoms with Crippen LogP contribution in [0.4, 0.5) is 5.69 Å². The average Bonchev–Trinajstić information content (AvgIpc) is 2.91. The van der Waals surface area contributed by atoms with Gasteiger partial charge in [0.15, 0.2) is 0 Å². The zero-order valence-electron chi connectivity index (χ0n) is 14.2. The van der Waals surface area contributed by atoms with Gasteiger partial charge in [-0.05, 0) is 30.2 Å². The summed E-state index contributed by atoms with van der Waals surface area (Å²) in [6, 6.07) is 15.5. The van der Waals surface area contributed by atoms with E-state index in [0.29, 0.717) is 19.6 Å². The second-order valence-corrected chi connectivity index (χ2v) is 7.28. The third-order valence-corrected chi connectivity index (χ3v) is 5.59. The van der Waals surface area contributed by atoms with Crippen molar-refractivity contribution in [2.45, 2.75) is 23.2 Å². The molecule has 0 saturated carbocycles. The Morgan fingerprint density at radius 3 is 2.84 bits per heavy atom. The molecule has 1 unspecified atom stereocenters. The molecule has 6 heteroatoms. The van der Waals surface area contributed by atoms with Crippen LogP contribution < -0.4 is 15.5 Å². The molecule has 2 aromatic carbocycles. The first-order valence-corrected chi connectivity index (χ1v) is 9.25. The van der Waals surface area contributed by atoms with Crippen LogP contribution in [0.2, 0.25) is 0 Å². The molecule has 0 aliphatic carbocycles. The van der Waals surface area contributed by atoms with Gasteiger partial charge in [0.2, 0.25) is 5.91 Å². The van der Waals surface area contributed by atoms with Crippen LogP contribution in [0.3, 0.4) is 0 Å². The molecule has 3 N–H and O–H groups in total. The predicted molar refractivity (Wildman–Crippen MR) is 102 cm³/mol. The third kappa shape index (κ3) is 4.67. The van der Waals surface area contributed by atoms with Crippen LogP contribution in [0.15, 0.2) is 53.4 Å². The van der Waals surface area contributed by atoms with E-state index in [4.69, 9.17) is 0 Å². The highest BCUT2D eigenvalue weighted by molar-refractivity contribution is 8.00. The van der Waals surface area contributed by atoms with Gasteiger partial charge in [-0.15, -0.1) is 0 Å². The zero-order valence-corrected chi connectivity index (χ0v) is 15.1. The maximum Gasteiger partial charge on any atom is 0.233 e. The Labute approximate surface area is 152 Å². The maximum atomic E-state index is 11.9. The molecule has 0 fully saturated rings. The van der Waals surface area contributed by atoms with E-state index in [-0.39, 0.29) is 17.0 Å². The molecule has 1 aliphatic rings. The van der Waals surface area contributed by atoms with Crippen LogP contribution in [0.1, 0.15) is 12.0 Å². The molecule has 1 aliphatic heterocycles. The molecule has 0 radical (unpaired) electrons. The van der Waals surface area contributed by atoms with E-state index < -0.39 is 0 Å². The first-order valence-electron chi connectivity index (χ1n) is 8.37. The largest absolute Gasteiger partial charge is 0.508 e. The van der Waals surface area contributed by atoms with Crippen molar-refractivity contribution in [1.82, 2.24) is 10.6 Å². The van der Waals surface area contributed by atoms with Gasteiger partial charge in [-0.2, -0.15) is 0 Å². The minimum Gasteiger partial charge on any atom is -0.508 e. The summed E-state index contributed by atoms with van der Waals surface area (Å²) in [5, 5.41) is 16.0. The smallest absolute Gasteiger partial charge is 0.233 e. The number of phenols is 1. The quantitative estimate of drug-likeness (QED) is 0.711. The second kappa shape index (κ2) is 8.27. The highest BCUT2D eigenvalue weighted by Gasteiger charge is 2.27. The Hall–Kier alpha value is -2.18. The summed E-state index contributed by atoms with van der Waals surface area (Å²) in [6.45, 7) is 1.64. The van der Waals surface area contributed by atoms with Crippen LogP contribution in [0, 0.1) is 0 Å². The molecule has 132 valence electrons. The fourth-order valence-electron chi connectivity index (χ4n) is 2.84. The Kier molecular flexibility index (Phi) is 5.83. The topological polar surface area (TPSA) is 64.6 Å². The first-order chi connectivity index (χ1) is 12.1. The van der Waals surface area contributed by atoms with Gasteiger partial charge in [-0.25, -0.2) is 0 Å². The predicted octanol–water partition coefficient (Wildman–Crippen LogP) is 2.56. The van der Waals surface area contributed by atoms with E-state index in [1.165, 1.54) is 5.56 Å². The summed E-state index contributed by atoms with van der Waals surface area (Å²) < 4.78 is 0. The van der Waals surface area contributed by atoms with Gasteiger partial charge >= 0.3 is 0 Å². The normalized spacial score (nSPS) is 15.9. The number of nitrogens with zero attached hydrogens (tertiary/aromatic N) is 1. The van der Waals surface area contributed by atoms with E-state index in [9.17, 15) is 9.90 Å². The summed E-state index contributed by atoms with van der Waals surface area (Å²) in [4.78, 5) is 15.2. The zero-order chi connectivity index (χ0) is 17.6. The lowest BCUT2D eigenvalue weighted by molar-refractivity contribution is -0.120. The minimum atomic E-state index is 0.0109. The standard InChI is InChI=1S/C19H23N3O2S/c1-22-16-8-7-15(23)11-17(16)25-19(22)9-10-21-18(24)13-20-12-14-5-3-2-4-6-14/h2-8,11,19-20,23H,9-10,12-13H2,1H3,(H,21,24). The van der Waals surface area contributed by atoms with Crippen molar-refractivity contribution in [2.75, 3.05) is 25.0 Å². The Balaban J connectivity index is 1.36. The van der Waals surface area contributed by atoms with E-state index in [2.05, 4.69) is 15.5 Å². The molecule has 0 bridgehead atoms. The molecule has 2 aromatic rings. The molecular weight excluding hydrogens is 334 g/mol. The molecule has 25 heavy (non-hydrogen) atoms. The molecule has 0 spiro atoms. The Morgan fingerprint density at radius 2 is 2.04 bits per heavy atom. The third-order valence-electron chi connectivity index (χ3n) is 4.19. The second-order valence-electron chi connectivity index (χ2n) is 6.06. The number of fused-ring (bicyclic) bond motifs is 1. The Bertz CT molecular complexity index is 724. The van der Waals surface area contributed by atoms with Crippen LogP contribution in [0.25, 0.3) is 0 Å². The van der Waals surface area contributed by atoms with Crippen molar-refractivity contribution in [1.29, 1.82) is 0 Å². The summed E-state index contributed by atoms with van der Waals surface area (Å²) in [7, 11) is 2.05. The van der Waals surface area contributed by atoms with E-state index in [0.717, 1.165) is 17.0 Å². The van der Waals surface area contributed by atoms with Gasteiger partial charge in [-0.1, -0.05) is 42.1 Å². The van der Waals surface area contributed by atoms with Crippen molar-refractivity contribution in [3.63, 3.8) is 0 Å². The molecule has 1 heterocycles. The van der Waals surface area contributed by atoms with Gasteiger partial charge in [0.25, 0.3) is 0 Å². The molecular formula is C19H23N3O2S. The SMILES string of the molecule is CN1c2ccc(O)cc2SC1CCNC(=O)CNCc1ccccc1. The number of carbonyl (C=O) groups excluding carboxylic acids is 1. The van der Waals surface area contributed by atoms with Gasteiger partial charge < -0.3 is 20.6 Å². The minimum absolute atomic E-state index is 0.0109. The number of hydrogen-bond donors (Lipinski definition) is 3. The number of amides is 1. The monoisotopic (exact) mass is 357 g/mol. The van der Waals surface area contributed by atoms with Crippen LogP contribution in [0.5, 0.6) is 5.75 Å². The fourth-order valence-corrected chi connectivity index (χ4v) is 4.16. The molecule has 1 atom stereocenters. The average molecular weight is 357 g/mol. The molecule has 5 nitrogen and oxygen atoms in total. The van der Waals surface area contributed by atoms with Crippen molar-refractivity contribution in [2.24, 2.45) is 0 Å². The molecule has 1 amide bonds. The highest BCUT2D eigenvalue weighted by Crippen LogP contribution is 2.44. The number of benzene rings is 2. The maximum absolute atomic E-state index is 11.9. The van der Waals surface area contributed by atoms with Gasteiger partial charge in [0.05, 0.1) is 17.6 Å². The number of hydrogen-bond acceptors (Lipinski definition) is 5. The van der Waals surface area contributed by atoms with Crippen molar-refractivity contribution in [3.8, 4) is 5.75 Å². The number of rotatable bonds is 7. The van der Waals surface area contributed by atoms with Crippen molar-refractivity contribution >= 4 is 23.4 Å². The van der Waals surface area contributed by atoms with Gasteiger partial charge in [0.1, 0.15) is 5.75 Å². The van der Waals surface area contributed by atoms with Gasteiger partial charge in [-0.3, -0.25) is 4.79 Å². The summed E-state index contributed by atoms with van der Waals surface area (Å²) in [6.07, 6.45) is 0.848. The number of thioether (sulfide) groups is 1. The van der Waals surface area contributed by atoms with Crippen LogP contribution in [-0.2, 0) is 11.3 Å². The number of anilines is 1. The molecule has 3 rings (SSSR count). The van der Waals surface area contributed by atoms with Crippen molar-refractivity contribution < 1.29 is 9.90 Å². The lowest BCUT2D eigenvalue weighted by Crippen LogP contribution is -2.36. The van der Waals surface area contributed by atoms with Gasteiger partial charge in [0, 0.05) is 25.0 Å². The number of aromatic hydroxyl groups is 1. The first kappa shape index (κ1) is 17.6. The van der Waals surface area contributed by atoms with E-state index in [1.54, 1.807) is 23.9 Å². The molecule has 0 aromatic heterocycles. The summed E-state index contributed by atoms with van der Waals surface area (Å²) in [5.41, 5.74) is 2.30. The number of carbonyl (C=O) groups is 1. The van der Waals surface area contributed by atoms with E-state index >= 15 is 0 Å². The highest BCUT2D eigenvalue weighted by atomic mass is 32.2. The van der Waals surface area contributed by atoms with Crippen molar-refractivity contribution in [3.05, 3.63) is 54.1 Å². The Morgan fingerprint density at radius 1 is 1.24 bits per heavy atom. The molecule has 0 saturated heterocycles. The number of nitrogens with one attached hydrogen (secondary N) is 2. The summed E-state index contributed by atoms with van der Waals surface area (Å²) >= 11 is 1.72. The van der Waals surface area contributed by atoms with E-state index in [1.807, 2.05) is 43.4 Å². The van der Waals surface area contributed by atoms with Crippen LogP contribution >= 0.6 is 11.8 Å². The fraction of sp³-hybridized carbons (Fsp3) is 0.316. The lowest BCUT2D eigenvalue weighted by Gasteiger charge is -2.21. The van der Waals surface area contributed by atoms with Crippen LogP contribution in [-0.4, -0.2) is 36.5 Å². The summed E-state index contributed by atoms with van der Waals surface area (Å²) in [5.74, 6) is 0.301. The number of phenolic OH excluding ortho intramolecular Hbond substituents is 1.